The average Bonchev–Trinajstić information content (AvgIpc) is 2.82. The summed E-state index contributed by atoms with van der Waals surface area (Å²) < 4.78 is 31.8. The number of benzene rings is 3. The minimum absolute atomic E-state index is 0.0184. The number of ether oxygens (including phenoxy) is 3. The Morgan fingerprint density at radius 2 is 1.81 bits per heavy atom. The first-order valence-electron chi connectivity index (χ1n) is 12.1. The molecule has 37 heavy (non-hydrogen) atoms. The summed E-state index contributed by atoms with van der Waals surface area (Å²) in [5, 5.41) is 7.21. The first-order chi connectivity index (χ1) is 17.6. The number of carbonyl (C=O) groups excluding carboxylic acids is 1. The Hall–Kier alpha value is -3.65. The quantitative estimate of drug-likeness (QED) is 0.263. The van der Waals surface area contributed by atoms with Gasteiger partial charge in [-0.2, -0.15) is 0 Å². The minimum Gasteiger partial charge on any atom is -0.497 e. The van der Waals surface area contributed by atoms with Crippen molar-refractivity contribution in [1.29, 1.82) is 0 Å². The van der Waals surface area contributed by atoms with Crippen molar-refractivity contribution < 1.29 is 23.4 Å². The van der Waals surface area contributed by atoms with Crippen LogP contribution in [0.1, 0.15) is 59.7 Å². The zero-order valence-corrected chi connectivity index (χ0v) is 22.0. The predicted molar refractivity (Wildman–Crippen MR) is 143 cm³/mol. The van der Waals surface area contributed by atoms with Crippen LogP contribution in [0.25, 0.3) is 0 Å². The molecular weight excluding hydrogens is 491 g/mol. The van der Waals surface area contributed by atoms with Gasteiger partial charge in [0.05, 0.1) is 12.7 Å². The van der Waals surface area contributed by atoms with Crippen LogP contribution in [0, 0.1) is 12.7 Å². The Bertz CT molecular complexity index is 1370. The van der Waals surface area contributed by atoms with Crippen LogP contribution >= 0.6 is 12.2 Å². The molecule has 1 saturated heterocycles. The molecule has 2 unspecified atom stereocenters. The highest BCUT2D eigenvalue weighted by molar-refractivity contribution is 7.80. The van der Waals surface area contributed by atoms with E-state index in [-0.39, 0.29) is 22.8 Å². The van der Waals surface area contributed by atoms with E-state index in [1.165, 1.54) is 18.2 Å². The fourth-order valence-corrected chi connectivity index (χ4v) is 5.91. The molecule has 1 spiro atoms. The molecule has 6 nitrogen and oxygen atoms in total. The molecule has 2 aliphatic heterocycles. The van der Waals surface area contributed by atoms with Crippen LogP contribution in [0.3, 0.4) is 0 Å². The molecule has 2 atom stereocenters. The van der Waals surface area contributed by atoms with E-state index in [1.54, 1.807) is 25.3 Å². The van der Waals surface area contributed by atoms with Crippen LogP contribution in [0.4, 0.5) is 4.39 Å². The van der Waals surface area contributed by atoms with Gasteiger partial charge in [0, 0.05) is 35.9 Å². The van der Waals surface area contributed by atoms with Gasteiger partial charge in [0.2, 0.25) is 0 Å². The standard InChI is InChI=1S/C29H29FN2O4S/c1-17-13-20(35-26(33)21-7-5-6-8-23(21)30)14-24-25(17)22(18-9-11-19(34-4)12-10-18)15-29(36-24)16-28(2,3)31-27(37)32-29/h5-14,22H,15-16H2,1-4H3,(H2,31,32,37). The molecule has 5 rings (SSSR count). The summed E-state index contributed by atoms with van der Waals surface area (Å²) in [4.78, 5) is 12.7. The summed E-state index contributed by atoms with van der Waals surface area (Å²) >= 11 is 5.55. The lowest BCUT2D eigenvalue weighted by Crippen LogP contribution is -2.69. The monoisotopic (exact) mass is 520 g/mol. The Labute approximate surface area is 221 Å². The van der Waals surface area contributed by atoms with Crippen LogP contribution in [0.2, 0.25) is 0 Å². The summed E-state index contributed by atoms with van der Waals surface area (Å²) in [6.45, 7) is 6.13. The van der Waals surface area contributed by atoms with E-state index in [9.17, 15) is 9.18 Å². The van der Waals surface area contributed by atoms with Crippen molar-refractivity contribution in [2.75, 3.05) is 7.11 Å². The highest BCUT2D eigenvalue weighted by Crippen LogP contribution is 2.49. The van der Waals surface area contributed by atoms with Crippen molar-refractivity contribution in [2.24, 2.45) is 0 Å². The zero-order valence-electron chi connectivity index (χ0n) is 21.2. The molecule has 0 aliphatic carbocycles. The molecule has 0 bridgehead atoms. The van der Waals surface area contributed by atoms with Gasteiger partial charge in [-0.05, 0) is 74.4 Å². The van der Waals surface area contributed by atoms with Crippen LogP contribution in [0.15, 0.2) is 60.7 Å². The van der Waals surface area contributed by atoms with Crippen molar-refractivity contribution in [3.05, 3.63) is 88.7 Å². The molecule has 0 amide bonds. The number of nitrogens with one attached hydrogen (secondary N) is 2. The van der Waals surface area contributed by atoms with Gasteiger partial charge in [0.25, 0.3) is 0 Å². The van der Waals surface area contributed by atoms with E-state index in [1.807, 2.05) is 19.1 Å². The van der Waals surface area contributed by atoms with Gasteiger partial charge >= 0.3 is 5.97 Å². The lowest BCUT2D eigenvalue weighted by atomic mass is 9.76. The van der Waals surface area contributed by atoms with Gasteiger partial charge in [0.1, 0.15) is 23.1 Å². The Morgan fingerprint density at radius 3 is 2.49 bits per heavy atom. The highest BCUT2D eigenvalue weighted by atomic mass is 32.1. The van der Waals surface area contributed by atoms with Crippen molar-refractivity contribution in [3.8, 4) is 17.2 Å². The maximum atomic E-state index is 14.2. The molecule has 1 fully saturated rings. The number of aryl methyl sites for hydroxylation is 1. The Balaban J connectivity index is 1.57. The molecule has 2 aliphatic rings. The molecule has 2 heterocycles. The number of hydrogen-bond acceptors (Lipinski definition) is 5. The second-order valence-corrected chi connectivity index (χ2v) is 10.7. The Kier molecular flexibility index (Phi) is 6.31. The second-order valence-electron chi connectivity index (χ2n) is 10.3. The SMILES string of the molecule is COc1ccc(C2CC3(CC(C)(C)NC(=S)N3)Oc3cc(OC(=O)c4ccccc4F)cc(C)c32)cc1. The van der Waals surface area contributed by atoms with Gasteiger partial charge in [-0.1, -0.05) is 24.3 Å². The lowest BCUT2D eigenvalue weighted by Gasteiger charge is -2.50. The normalized spacial score (nSPS) is 21.8. The van der Waals surface area contributed by atoms with E-state index in [2.05, 4.69) is 36.6 Å². The molecule has 3 aromatic carbocycles. The van der Waals surface area contributed by atoms with Crippen LogP contribution in [0.5, 0.6) is 17.2 Å². The first-order valence-corrected chi connectivity index (χ1v) is 12.5. The van der Waals surface area contributed by atoms with Crippen molar-refractivity contribution in [1.82, 2.24) is 10.6 Å². The van der Waals surface area contributed by atoms with E-state index in [0.29, 0.717) is 23.7 Å². The molecular formula is C29H29FN2O4S. The topological polar surface area (TPSA) is 68.8 Å². The Morgan fingerprint density at radius 1 is 1.08 bits per heavy atom. The van der Waals surface area contributed by atoms with Crippen molar-refractivity contribution in [3.63, 3.8) is 0 Å². The van der Waals surface area contributed by atoms with E-state index < -0.39 is 17.5 Å². The fraction of sp³-hybridized carbons (Fsp3) is 0.310. The van der Waals surface area contributed by atoms with Gasteiger partial charge in [0.15, 0.2) is 10.8 Å². The summed E-state index contributed by atoms with van der Waals surface area (Å²) in [6.07, 6.45) is 1.29. The van der Waals surface area contributed by atoms with Gasteiger partial charge in [-0.15, -0.1) is 0 Å². The highest BCUT2D eigenvalue weighted by Gasteiger charge is 2.49. The smallest absolute Gasteiger partial charge is 0.346 e. The molecule has 192 valence electrons. The van der Waals surface area contributed by atoms with Gasteiger partial charge in [-0.25, -0.2) is 9.18 Å². The van der Waals surface area contributed by atoms with E-state index >= 15 is 0 Å². The number of methoxy groups -OCH3 is 1. The molecule has 2 N–H and O–H groups in total. The van der Waals surface area contributed by atoms with E-state index in [4.69, 9.17) is 26.4 Å². The number of thiocarbonyl (C=S) groups is 1. The minimum atomic E-state index is -0.774. The molecule has 0 radical (unpaired) electrons. The third kappa shape index (κ3) is 4.98. The van der Waals surface area contributed by atoms with Gasteiger partial charge < -0.3 is 24.8 Å². The number of hydrogen-bond donors (Lipinski definition) is 2. The average molecular weight is 521 g/mol. The third-order valence-electron chi connectivity index (χ3n) is 6.85. The van der Waals surface area contributed by atoms with Crippen LogP contribution in [-0.2, 0) is 0 Å². The summed E-state index contributed by atoms with van der Waals surface area (Å²) in [7, 11) is 1.64. The number of carbonyl (C=O) groups is 1. The largest absolute Gasteiger partial charge is 0.497 e. The number of halogens is 1. The fourth-order valence-electron chi connectivity index (χ4n) is 5.45. The number of esters is 1. The van der Waals surface area contributed by atoms with Crippen molar-refractivity contribution in [2.45, 2.75) is 50.8 Å². The van der Waals surface area contributed by atoms with Crippen LogP contribution < -0.4 is 24.8 Å². The molecule has 3 aromatic rings. The summed E-state index contributed by atoms with van der Waals surface area (Å²) in [5.74, 6) is 0.237. The molecule has 0 saturated carbocycles. The zero-order chi connectivity index (χ0) is 26.4. The number of fused-ring (bicyclic) bond motifs is 1. The maximum absolute atomic E-state index is 14.2. The lowest BCUT2D eigenvalue weighted by molar-refractivity contribution is -0.0129. The molecule has 0 aromatic heterocycles. The summed E-state index contributed by atoms with van der Waals surface area (Å²) in [6, 6.07) is 17.3. The van der Waals surface area contributed by atoms with Gasteiger partial charge in [-0.3, -0.25) is 0 Å². The molecule has 8 heteroatoms. The summed E-state index contributed by atoms with van der Waals surface area (Å²) in [5.41, 5.74) is 1.82. The predicted octanol–water partition coefficient (Wildman–Crippen LogP) is 5.62. The van der Waals surface area contributed by atoms with E-state index in [0.717, 1.165) is 22.4 Å². The van der Waals surface area contributed by atoms with Crippen molar-refractivity contribution >= 4 is 23.3 Å². The van der Waals surface area contributed by atoms with Crippen LogP contribution in [-0.4, -0.2) is 29.5 Å². The second kappa shape index (κ2) is 9.34. The number of rotatable bonds is 4. The maximum Gasteiger partial charge on any atom is 0.346 e. The first kappa shape index (κ1) is 25.0. The third-order valence-corrected chi connectivity index (χ3v) is 7.06.